The molecule has 0 radical (unpaired) electrons. The predicted octanol–water partition coefficient (Wildman–Crippen LogP) is 6.90. The van der Waals surface area contributed by atoms with Gasteiger partial charge in [0.25, 0.3) is 0 Å². The van der Waals surface area contributed by atoms with E-state index in [0.717, 1.165) is 33.4 Å². The summed E-state index contributed by atoms with van der Waals surface area (Å²) in [5.41, 5.74) is 3.41. The number of allylic oxidation sites excluding steroid dienone is 20. The molecule has 2 rings (SSSR count). The van der Waals surface area contributed by atoms with Crippen LogP contribution in [0.15, 0.2) is 130 Å². The highest BCUT2D eigenvalue weighted by Crippen LogP contribution is 2.41. The molecular weight excluding hydrogens is 921 g/mol. The molecule has 2 amide bonds. The van der Waals surface area contributed by atoms with E-state index >= 15 is 0 Å². The molecule has 2 aliphatic rings. The van der Waals surface area contributed by atoms with Crippen LogP contribution in [0.5, 0.6) is 0 Å². The molecule has 3 atom stereocenters. The van der Waals surface area contributed by atoms with Crippen LogP contribution in [0.3, 0.4) is 0 Å². The Balaban J connectivity index is 0.0000128. The smallest absolute Gasteiger partial charge is 0.307 e. The van der Waals surface area contributed by atoms with Gasteiger partial charge in [0, 0.05) is 19.3 Å². The molecule has 0 fully saturated rings. The Bertz CT molecular complexity index is 2240. The lowest BCUT2D eigenvalue weighted by atomic mass is 9.71. The van der Waals surface area contributed by atoms with E-state index in [9.17, 15) is 54.3 Å². The Morgan fingerprint density at radius 1 is 0.611 bits per heavy atom. The number of ether oxygens (including phenoxy) is 2. The number of Topliss-reactive ketones (excluding diaryl/α,β-unsaturated/α-hetero) is 2. The largest absolute Gasteiger partial charge is 0.454 e. The van der Waals surface area contributed by atoms with Crippen LogP contribution in [0.2, 0.25) is 0 Å². The molecule has 2 aliphatic carbocycles. The molecular formula is C57H82N2O13. The molecule has 398 valence electrons. The van der Waals surface area contributed by atoms with Crippen LogP contribution in [-0.2, 0) is 38.2 Å². The molecule has 0 bridgehead atoms. The van der Waals surface area contributed by atoms with E-state index in [-0.39, 0.29) is 49.6 Å². The Morgan fingerprint density at radius 2 is 1.03 bits per heavy atom. The second-order valence-corrected chi connectivity index (χ2v) is 19.2. The average molecular weight is 1000 g/mol. The lowest BCUT2D eigenvalue weighted by molar-refractivity contribution is -0.156. The predicted molar refractivity (Wildman–Crippen MR) is 281 cm³/mol. The zero-order valence-corrected chi connectivity index (χ0v) is 44.6. The minimum absolute atomic E-state index is 0.0504. The number of rotatable bonds is 25. The topological polar surface area (TPSA) is 246 Å². The SMILES string of the molecule is CC.CC1=C(/C=C/C(C)=C/C=C/C(C)=C/C=C/C=C(C)/C=C/C=C(C)/C=C/C2=C(C)C(=O)C(OC(=O)CCC(=O)NC(CO)(CO)CO)CC2(C)C)C(C)CC(OC(=O)CCC(=O)NC(C)(CO)CO)C1=O. The fourth-order valence-corrected chi connectivity index (χ4v) is 7.49. The molecule has 0 heterocycles. The highest BCUT2D eigenvalue weighted by molar-refractivity contribution is 6.02. The first-order valence-corrected chi connectivity index (χ1v) is 24.5. The fraction of sp³-hybridized carbons (Fsp3) is 0.509. The first kappa shape index (κ1) is 64.2. The van der Waals surface area contributed by atoms with Crippen molar-refractivity contribution in [2.45, 2.75) is 145 Å². The van der Waals surface area contributed by atoms with Gasteiger partial charge in [0.05, 0.1) is 51.4 Å². The van der Waals surface area contributed by atoms with Gasteiger partial charge in [-0.05, 0) is 88.5 Å². The van der Waals surface area contributed by atoms with Crippen molar-refractivity contribution in [2.75, 3.05) is 33.0 Å². The van der Waals surface area contributed by atoms with Crippen molar-refractivity contribution in [1.29, 1.82) is 0 Å². The number of nitrogens with one attached hydrogen (secondary N) is 2. The van der Waals surface area contributed by atoms with E-state index in [2.05, 4.69) is 10.6 Å². The van der Waals surface area contributed by atoms with Crippen molar-refractivity contribution in [3.63, 3.8) is 0 Å². The van der Waals surface area contributed by atoms with Gasteiger partial charge in [0.15, 0.2) is 23.8 Å². The summed E-state index contributed by atoms with van der Waals surface area (Å²) in [6.45, 7) is 19.7. The molecule has 0 saturated heterocycles. The number of aliphatic hydroxyl groups is 5. The number of aliphatic hydroxyl groups excluding tert-OH is 5. The van der Waals surface area contributed by atoms with Gasteiger partial charge in [0.1, 0.15) is 5.54 Å². The van der Waals surface area contributed by atoms with Crippen molar-refractivity contribution < 1.29 is 63.8 Å². The second-order valence-electron chi connectivity index (χ2n) is 19.2. The summed E-state index contributed by atoms with van der Waals surface area (Å²) in [6.07, 6.45) is 25.0. The van der Waals surface area contributed by atoms with Crippen LogP contribution in [0.1, 0.15) is 122 Å². The van der Waals surface area contributed by atoms with Gasteiger partial charge in [-0.1, -0.05) is 142 Å². The number of ketones is 2. The Morgan fingerprint density at radius 3 is 1.50 bits per heavy atom. The highest BCUT2D eigenvalue weighted by atomic mass is 16.6. The Kier molecular flexibility index (Phi) is 28.1. The molecule has 0 aliphatic heterocycles. The van der Waals surface area contributed by atoms with E-state index in [4.69, 9.17) is 9.47 Å². The lowest BCUT2D eigenvalue weighted by Crippen LogP contribution is -2.57. The molecule has 0 aromatic heterocycles. The van der Waals surface area contributed by atoms with E-state index in [1.165, 1.54) is 6.92 Å². The molecule has 15 heteroatoms. The summed E-state index contributed by atoms with van der Waals surface area (Å²) < 4.78 is 11.0. The normalized spacial score (nSPS) is 19.8. The summed E-state index contributed by atoms with van der Waals surface area (Å²) in [5.74, 6) is -3.22. The van der Waals surface area contributed by atoms with Crippen molar-refractivity contribution in [2.24, 2.45) is 11.3 Å². The fourth-order valence-electron chi connectivity index (χ4n) is 7.49. The van der Waals surface area contributed by atoms with Crippen LogP contribution in [0.4, 0.5) is 0 Å². The minimum atomic E-state index is -1.60. The standard InChI is InChI=1S/C55H76N2O13.C2H6/c1-36(17-13-19-38(3)21-23-43-40(5)29-45(51(67)41(43)6)69-49(65)27-25-47(63)56-54(10,31-58)32-59)15-11-12-16-37(2)18-14-20-39(4)22-24-44-42(7)52(68)46(30-53(44,8)9)70-50(66)28-26-48(64)57-55(33-60,34-61)35-62;1-2/h11-24,40,45-46,58-62H,25-35H2,1-10H3,(H,56,63)(H,57,64);1-2H3/b12-11+,17-13+,18-14+,23-21+,24-22+,36-15+,37-16+,38-19+,39-20+;. The van der Waals surface area contributed by atoms with Gasteiger partial charge in [-0.3, -0.25) is 28.8 Å². The lowest BCUT2D eigenvalue weighted by Gasteiger charge is -2.36. The summed E-state index contributed by atoms with van der Waals surface area (Å²) >= 11 is 0. The van der Waals surface area contributed by atoms with Crippen LogP contribution in [0, 0.1) is 11.3 Å². The van der Waals surface area contributed by atoms with Gasteiger partial charge in [-0.25, -0.2) is 0 Å². The van der Waals surface area contributed by atoms with Gasteiger partial charge < -0.3 is 45.6 Å². The zero-order chi connectivity index (χ0) is 54.8. The molecule has 0 aromatic rings. The molecule has 0 aromatic carbocycles. The van der Waals surface area contributed by atoms with E-state index < -0.39 is 85.5 Å². The van der Waals surface area contributed by atoms with Crippen LogP contribution < -0.4 is 10.6 Å². The zero-order valence-electron chi connectivity index (χ0n) is 44.6. The first-order valence-electron chi connectivity index (χ1n) is 24.5. The molecule has 7 N–H and O–H groups in total. The number of esters is 2. The van der Waals surface area contributed by atoms with Gasteiger partial charge in [0.2, 0.25) is 11.8 Å². The summed E-state index contributed by atoms with van der Waals surface area (Å²) in [7, 11) is 0. The monoisotopic (exact) mass is 1000 g/mol. The van der Waals surface area contributed by atoms with Gasteiger partial charge >= 0.3 is 11.9 Å². The first-order chi connectivity index (χ1) is 33.9. The molecule has 0 spiro atoms. The molecule has 3 unspecified atom stereocenters. The van der Waals surface area contributed by atoms with Gasteiger partial charge in [-0.2, -0.15) is 0 Å². The third-order valence-electron chi connectivity index (χ3n) is 12.1. The van der Waals surface area contributed by atoms with E-state index in [1.807, 2.05) is 147 Å². The Labute approximate surface area is 427 Å². The minimum Gasteiger partial charge on any atom is -0.454 e. The number of hydrogen-bond donors (Lipinski definition) is 7. The maximum atomic E-state index is 13.3. The molecule has 72 heavy (non-hydrogen) atoms. The third-order valence-corrected chi connectivity index (χ3v) is 12.1. The number of carbonyl (C=O) groups excluding carboxylic acids is 6. The van der Waals surface area contributed by atoms with E-state index in [0.29, 0.717) is 17.6 Å². The van der Waals surface area contributed by atoms with Gasteiger partial charge in [-0.15, -0.1) is 0 Å². The number of hydrogen-bond acceptors (Lipinski definition) is 13. The average Bonchev–Trinajstić information content (AvgIpc) is 3.34. The van der Waals surface area contributed by atoms with Crippen LogP contribution >= 0.6 is 0 Å². The number of carbonyl (C=O) groups is 6. The van der Waals surface area contributed by atoms with Crippen molar-refractivity contribution in [1.82, 2.24) is 10.6 Å². The summed E-state index contributed by atoms with van der Waals surface area (Å²) in [4.78, 5) is 75.9. The van der Waals surface area contributed by atoms with Crippen molar-refractivity contribution in [3.8, 4) is 0 Å². The molecule has 0 saturated carbocycles. The summed E-state index contributed by atoms with van der Waals surface area (Å²) in [6, 6.07) is 0. The maximum absolute atomic E-state index is 13.3. The summed E-state index contributed by atoms with van der Waals surface area (Å²) in [5, 5.41) is 51.8. The number of amides is 2. The van der Waals surface area contributed by atoms with Crippen molar-refractivity contribution >= 4 is 35.3 Å². The van der Waals surface area contributed by atoms with E-state index in [1.54, 1.807) is 13.8 Å². The van der Waals surface area contributed by atoms with Crippen LogP contribution in [-0.4, -0.2) is 117 Å². The third kappa shape index (κ3) is 21.5. The van der Waals surface area contributed by atoms with Crippen LogP contribution in [0.25, 0.3) is 0 Å². The maximum Gasteiger partial charge on any atom is 0.307 e. The molecule has 15 nitrogen and oxygen atoms in total. The van der Waals surface area contributed by atoms with Crippen molar-refractivity contribution in [3.05, 3.63) is 130 Å². The highest BCUT2D eigenvalue weighted by Gasteiger charge is 2.40. The quantitative estimate of drug-likeness (QED) is 0.0364. The Hall–Kier alpha value is -5.84. The second kappa shape index (κ2) is 31.6.